The minimum atomic E-state index is -3.75. The van der Waals surface area contributed by atoms with E-state index in [0.717, 1.165) is 16.5 Å². The van der Waals surface area contributed by atoms with Crippen LogP contribution < -0.4 is 4.72 Å². The van der Waals surface area contributed by atoms with Gasteiger partial charge in [0.1, 0.15) is 23.8 Å². The summed E-state index contributed by atoms with van der Waals surface area (Å²) in [4.78, 5) is 8.57. The fourth-order valence-electron chi connectivity index (χ4n) is 3.35. The van der Waals surface area contributed by atoms with Crippen LogP contribution in [0.4, 0.5) is 0 Å². The molecule has 0 saturated carbocycles. The molecule has 3 aromatic rings. The molecule has 0 unspecified atom stereocenters. The van der Waals surface area contributed by atoms with Crippen LogP contribution >= 0.6 is 0 Å². The van der Waals surface area contributed by atoms with Crippen LogP contribution in [0.2, 0.25) is 0 Å². The minimum Gasteiger partial charge on any atom is -0.387 e. The van der Waals surface area contributed by atoms with Gasteiger partial charge in [-0.3, -0.25) is 4.57 Å². The predicted molar refractivity (Wildman–Crippen MR) is 111 cm³/mol. The van der Waals surface area contributed by atoms with Gasteiger partial charge in [0.25, 0.3) is 0 Å². The third kappa shape index (κ3) is 4.13. The van der Waals surface area contributed by atoms with Crippen molar-refractivity contribution in [1.82, 2.24) is 19.3 Å². The first-order valence-corrected chi connectivity index (χ1v) is 10.9. The summed E-state index contributed by atoms with van der Waals surface area (Å²) in [5, 5.41) is 21.9. The molecule has 2 aromatic heterocycles. The van der Waals surface area contributed by atoms with Gasteiger partial charge in [0.15, 0.2) is 11.9 Å². The fraction of sp³-hybridized carbons (Fsp3) is 0.300. The van der Waals surface area contributed by atoms with Gasteiger partial charge < -0.3 is 14.9 Å². The maximum Gasteiger partial charge on any atom is 0.233 e. The lowest BCUT2D eigenvalue weighted by Gasteiger charge is -2.16. The van der Waals surface area contributed by atoms with Crippen molar-refractivity contribution < 1.29 is 23.4 Å². The minimum absolute atomic E-state index is 0.199. The van der Waals surface area contributed by atoms with Crippen molar-refractivity contribution in [2.24, 2.45) is 0 Å². The van der Waals surface area contributed by atoms with Crippen molar-refractivity contribution in [3.8, 4) is 0 Å². The molecule has 10 heteroatoms. The summed E-state index contributed by atoms with van der Waals surface area (Å²) in [6, 6.07) is 10.8. The molecule has 0 aliphatic carbocycles. The molecule has 30 heavy (non-hydrogen) atoms. The van der Waals surface area contributed by atoms with Crippen molar-refractivity contribution in [2.45, 2.75) is 31.5 Å². The van der Waals surface area contributed by atoms with Crippen LogP contribution in [0, 0.1) is 6.92 Å². The van der Waals surface area contributed by atoms with Gasteiger partial charge in [0.05, 0.1) is 6.33 Å². The number of ether oxygens (including phenoxy) is 1. The van der Waals surface area contributed by atoms with E-state index in [1.807, 2.05) is 19.1 Å². The maximum absolute atomic E-state index is 12.2. The Morgan fingerprint density at radius 3 is 2.70 bits per heavy atom. The number of nitrogens with zero attached hydrogens (tertiary/aromatic N) is 3. The lowest BCUT2D eigenvalue weighted by Crippen LogP contribution is -2.39. The molecule has 0 spiro atoms. The van der Waals surface area contributed by atoms with E-state index in [4.69, 9.17) is 4.74 Å². The Bertz CT molecular complexity index is 1160. The van der Waals surface area contributed by atoms with Crippen LogP contribution in [0.3, 0.4) is 0 Å². The first-order valence-electron chi connectivity index (χ1n) is 9.38. The van der Waals surface area contributed by atoms with Gasteiger partial charge >= 0.3 is 0 Å². The lowest BCUT2D eigenvalue weighted by atomic mass is 10.1. The third-order valence-electron chi connectivity index (χ3n) is 5.00. The molecule has 0 amide bonds. The fourth-order valence-corrected chi connectivity index (χ4v) is 4.18. The number of fused-ring (bicyclic) bond motifs is 1. The average molecular weight is 430 g/mol. The first-order chi connectivity index (χ1) is 14.4. The van der Waals surface area contributed by atoms with Crippen LogP contribution in [0.1, 0.15) is 17.4 Å². The van der Waals surface area contributed by atoms with Crippen molar-refractivity contribution in [2.75, 3.05) is 6.54 Å². The number of rotatable bonds is 6. The van der Waals surface area contributed by atoms with Gasteiger partial charge in [0, 0.05) is 18.1 Å². The highest BCUT2D eigenvalue weighted by Gasteiger charge is 2.44. The predicted octanol–water partition coefficient (Wildman–Crippen LogP) is 0.949. The molecule has 1 saturated heterocycles. The van der Waals surface area contributed by atoms with Crippen LogP contribution in [0.25, 0.3) is 17.2 Å². The number of aliphatic hydroxyl groups excluding tert-OH is 2. The lowest BCUT2D eigenvalue weighted by molar-refractivity contribution is -0.0329. The second-order valence-corrected chi connectivity index (χ2v) is 8.76. The SMILES string of the molecule is Cc1ccnc2c1ncn2[C@@H]1O[C@H](CNS(=O)(=O)/C=C/c2ccccc2)[C@@H](O)[C@H]1O. The molecule has 3 heterocycles. The second kappa shape index (κ2) is 8.25. The molecule has 1 aliphatic heterocycles. The van der Waals surface area contributed by atoms with Gasteiger partial charge in [-0.25, -0.2) is 23.1 Å². The van der Waals surface area contributed by atoms with E-state index in [9.17, 15) is 18.6 Å². The zero-order valence-electron chi connectivity index (χ0n) is 16.2. The highest BCUT2D eigenvalue weighted by atomic mass is 32.2. The van der Waals surface area contributed by atoms with Crippen LogP contribution in [0.15, 0.2) is 54.3 Å². The molecule has 0 radical (unpaired) electrons. The Morgan fingerprint density at radius 2 is 1.93 bits per heavy atom. The van der Waals surface area contributed by atoms with Crippen molar-refractivity contribution >= 4 is 27.3 Å². The Hall–Kier alpha value is -2.63. The van der Waals surface area contributed by atoms with E-state index >= 15 is 0 Å². The van der Waals surface area contributed by atoms with Crippen molar-refractivity contribution in [3.63, 3.8) is 0 Å². The number of aliphatic hydroxyl groups is 2. The zero-order valence-corrected chi connectivity index (χ0v) is 17.0. The van der Waals surface area contributed by atoms with Gasteiger partial charge in [-0.15, -0.1) is 0 Å². The summed E-state index contributed by atoms with van der Waals surface area (Å²) >= 11 is 0. The Labute approximate surface area is 173 Å². The highest BCUT2D eigenvalue weighted by Crippen LogP contribution is 2.31. The first kappa shape index (κ1) is 20.6. The van der Waals surface area contributed by atoms with E-state index in [0.29, 0.717) is 11.2 Å². The number of sulfonamides is 1. The maximum atomic E-state index is 12.2. The average Bonchev–Trinajstić information content (AvgIpc) is 3.29. The van der Waals surface area contributed by atoms with E-state index in [1.165, 1.54) is 12.4 Å². The normalized spacial score (nSPS) is 24.8. The Kier molecular flexibility index (Phi) is 5.67. The number of imidazole rings is 1. The van der Waals surface area contributed by atoms with E-state index in [2.05, 4.69) is 14.7 Å². The smallest absolute Gasteiger partial charge is 0.233 e. The van der Waals surface area contributed by atoms with Crippen LogP contribution in [-0.4, -0.2) is 58.0 Å². The molecule has 158 valence electrons. The van der Waals surface area contributed by atoms with Gasteiger partial charge in [-0.05, 0) is 30.2 Å². The second-order valence-electron chi connectivity index (χ2n) is 7.11. The molecule has 1 aliphatic rings. The van der Waals surface area contributed by atoms with E-state index in [1.54, 1.807) is 35.0 Å². The number of hydrogen-bond acceptors (Lipinski definition) is 7. The molecule has 4 atom stereocenters. The van der Waals surface area contributed by atoms with Gasteiger partial charge in [0.2, 0.25) is 10.0 Å². The molecule has 1 aromatic carbocycles. The Morgan fingerprint density at radius 1 is 1.17 bits per heavy atom. The summed E-state index contributed by atoms with van der Waals surface area (Å²) in [6.07, 6.45) is 0.161. The standard InChI is InChI=1S/C20H22N4O5S/c1-13-7-9-21-19-16(13)22-12-24(19)20-18(26)17(25)15(29-20)11-23-30(27,28)10-8-14-5-3-2-4-6-14/h2-10,12,15,17-18,20,23,25-26H,11H2,1H3/b10-8+/t15-,17-,18-,20-/m1/s1. The largest absolute Gasteiger partial charge is 0.387 e. The molecular formula is C20H22N4O5S. The molecule has 1 fully saturated rings. The number of nitrogens with one attached hydrogen (secondary N) is 1. The van der Waals surface area contributed by atoms with Crippen molar-refractivity contribution in [3.05, 3.63) is 65.5 Å². The summed E-state index contributed by atoms with van der Waals surface area (Å²) in [6.45, 7) is 1.69. The highest BCUT2D eigenvalue weighted by molar-refractivity contribution is 7.92. The summed E-state index contributed by atoms with van der Waals surface area (Å²) in [7, 11) is -3.75. The molecule has 4 rings (SSSR count). The molecule has 3 N–H and O–H groups in total. The molecule has 0 bridgehead atoms. The molecular weight excluding hydrogens is 408 g/mol. The van der Waals surface area contributed by atoms with Gasteiger partial charge in [-0.2, -0.15) is 0 Å². The quantitative estimate of drug-likeness (QED) is 0.531. The summed E-state index contributed by atoms with van der Waals surface area (Å²) < 4.78 is 34.2. The van der Waals surface area contributed by atoms with E-state index < -0.39 is 34.6 Å². The number of aryl methyl sites for hydroxylation is 1. The zero-order chi connectivity index (χ0) is 21.3. The van der Waals surface area contributed by atoms with Gasteiger partial charge in [-0.1, -0.05) is 30.3 Å². The number of hydrogen-bond donors (Lipinski definition) is 3. The number of pyridine rings is 1. The third-order valence-corrected chi connectivity index (χ3v) is 6.06. The van der Waals surface area contributed by atoms with Crippen LogP contribution in [-0.2, 0) is 14.8 Å². The monoisotopic (exact) mass is 430 g/mol. The molecule has 9 nitrogen and oxygen atoms in total. The van der Waals surface area contributed by atoms with Crippen LogP contribution in [0.5, 0.6) is 0 Å². The topological polar surface area (TPSA) is 127 Å². The summed E-state index contributed by atoms with van der Waals surface area (Å²) in [5.74, 6) is 0. The van der Waals surface area contributed by atoms with E-state index in [-0.39, 0.29) is 6.54 Å². The van der Waals surface area contributed by atoms with Crippen molar-refractivity contribution in [1.29, 1.82) is 0 Å². The number of aromatic nitrogens is 3. The Balaban J connectivity index is 1.46. The number of benzene rings is 1. The summed E-state index contributed by atoms with van der Waals surface area (Å²) in [5.41, 5.74) is 2.84.